The topological polar surface area (TPSA) is 76.3 Å². The highest BCUT2D eigenvalue weighted by Gasteiger charge is 2.35. The van der Waals surface area contributed by atoms with E-state index in [9.17, 15) is 9.59 Å². The van der Waals surface area contributed by atoms with Crippen LogP contribution < -0.4 is 5.73 Å². The molecule has 2 aromatic rings. The molecule has 1 aliphatic rings. The Morgan fingerprint density at radius 3 is 2.29 bits per heavy atom. The molecule has 21 heavy (non-hydrogen) atoms. The fraction of sp³-hybridized carbons (Fsp3) is 0.188. The van der Waals surface area contributed by atoms with Gasteiger partial charge in [-0.1, -0.05) is 24.3 Å². The van der Waals surface area contributed by atoms with Gasteiger partial charge in [0.25, 0.3) is 11.8 Å². The molecule has 2 heterocycles. The lowest BCUT2D eigenvalue weighted by atomic mass is 10.1. The summed E-state index contributed by atoms with van der Waals surface area (Å²) in [5.74, 6) is -0.544. The molecule has 0 atom stereocenters. The number of hydrogen-bond acceptors (Lipinski definition) is 4. The fourth-order valence-electron chi connectivity index (χ4n) is 2.44. The molecule has 0 aliphatic carbocycles. The van der Waals surface area contributed by atoms with Crippen LogP contribution in [-0.2, 0) is 13.0 Å². The van der Waals surface area contributed by atoms with Gasteiger partial charge in [-0.15, -0.1) is 0 Å². The summed E-state index contributed by atoms with van der Waals surface area (Å²) in [5.41, 5.74) is 8.38. The Kier molecular flexibility index (Phi) is 3.50. The van der Waals surface area contributed by atoms with E-state index in [1.54, 1.807) is 6.07 Å². The molecule has 5 nitrogen and oxygen atoms in total. The molecule has 106 valence electrons. The molecule has 1 aromatic carbocycles. The predicted octanol–water partition coefficient (Wildman–Crippen LogP) is 1.38. The summed E-state index contributed by atoms with van der Waals surface area (Å²) in [6.45, 7) is 0.875. The second-order valence-corrected chi connectivity index (χ2v) is 4.97. The van der Waals surface area contributed by atoms with Crippen LogP contribution >= 0.6 is 0 Å². The molecule has 1 aromatic heterocycles. The molecule has 0 saturated heterocycles. The summed E-state index contributed by atoms with van der Waals surface area (Å²) in [5, 5.41) is 0. The maximum Gasteiger partial charge on any atom is 0.263 e. The second kappa shape index (κ2) is 5.46. The van der Waals surface area contributed by atoms with Crippen molar-refractivity contribution in [2.45, 2.75) is 13.0 Å². The minimum Gasteiger partial charge on any atom is -0.330 e. The van der Waals surface area contributed by atoms with Gasteiger partial charge in [-0.3, -0.25) is 19.5 Å². The van der Waals surface area contributed by atoms with Crippen molar-refractivity contribution < 1.29 is 9.59 Å². The van der Waals surface area contributed by atoms with Crippen LogP contribution in [-0.4, -0.2) is 28.2 Å². The van der Waals surface area contributed by atoms with Crippen molar-refractivity contribution in [3.63, 3.8) is 0 Å². The molecule has 0 unspecified atom stereocenters. The third-order valence-electron chi connectivity index (χ3n) is 3.57. The summed E-state index contributed by atoms with van der Waals surface area (Å²) < 4.78 is 0. The first-order valence-corrected chi connectivity index (χ1v) is 6.79. The third kappa shape index (κ3) is 2.43. The first kappa shape index (κ1) is 13.5. The number of amides is 2. The third-order valence-corrected chi connectivity index (χ3v) is 3.57. The molecule has 2 amide bonds. The van der Waals surface area contributed by atoms with Crippen LogP contribution in [0.15, 0.2) is 42.7 Å². The number of carbonyl (C=O) groups is 2. The number of rotatable bonds is 4. The molecule has 0 radical (unpaired) electrons. The van der Waals surface area contributed by atoms with Gasteiger partial charge in [-0.2, -0.15) is 0 Å². The van der Waals surface area contributed by atoms with Crippen molar-refractivity contribution in [1.29, 1.82) is 0 Å². The number of aromatic nitrogens is 1. The van der Waals surface area contributed by atoms with Gasteiger partial charge in [0.05, 0.1) is 17.7 Å². The highest BCUT2D eigenvalue weighted by atomic mass is 16.2. The SMILES string of the molecule is NCCc1ccc(CN2C(=O)c3ccncc3C2=O)cc1. The minimum atomic E-state index is -0.283. The summed E-state index contributed by atoms with van der Waals surface area (Å²) in [4.78, 5) is 29.6. The van der Waals surface area contributed by atoms with Gasteiger partial charge in [-0.05, 0) is 30.2 Å². The zero-order valence-corrected chi connectivity index (χ0v) is 11.5. The van der Waals surface area contributed by atoms with Gasteiger partial charge < -0.3 is 5.73 Å². The average molecular weight is 281 g/mol. The van der Waals surface area contributed by atoms with Crippen molar-refractivity contribution in [2.75, 3.05) is 6.54 Å². The maximum absolute atomic E-state index is 12.2. The monoisotopic (exact) mass is 281 g/mol. The second-order valence-electron chi connectivity index (χ2n) is 4.97. The zero-order chi connectivity index (χ0) is 14.8. The molecule has 0 fully saturated rings. The Labute approximate surface area is 122 Å². The lowest BCUT2D eigenvalue weighted by Gasteiger charge is -2.14. The normalized spacial score (nSPS) is 13.7. The van der Waals surface area contributed by atoms with Gasteiger partial charge in [0, 0.05) is 12.4 Å². The molecule has 3 rings (SSSR count). The molecule has 5 heteroatoms. The largest absolute Gasteiger partial charge is 0.330 e. The van der Waals surface area contributed by atoms with Gasteiger partial charge >= 0.3 is 0 Å². The van der Waals surface area contributed by atoms with Crippen LogP contribution in [0.3, 0.4) is 0 Å². The Balaban J connectivity index is 1.80. The summed E-state index contributed by atoms with van der Waals surface area (Å²) in [6, 6.07) is 9.38. The average Bonchev–Trinajstić information content (AvgIpc) is 2.75. The molecule has 0 spiro atoms. The summed E-state index contributed by atoms with van der Waals surface area (Å²) in [6.07, 6.45) is 3.79. The molecule has 2 N–H and O–H groups in total. The van der Waals surface area contributed by atoms with Crippen molar-refractivity contribution in [2.24, 2.45) is 5.73 Å². The first-order valence-electron chi connectivity index (χ1n) is 6.79. The Bertz CT molecular complexity index is 660. The van der Waals surface area contributed by atoms with Crippen LogP contribution in [0.2, 0.25) is 0 Å². The van der Waals surface area contributed by atoms with Gasteiger partial charge in [0.1, 0.15) is 0 Å². The molecule has 0 saturated carbocycles. The standard InChI is InChI=1S/C16H15N3O2/c17-7-5-11-1-3-12(4-2-11)10-19-15(20)13-6-8-18-9-14(13)16(19)21/h1-4,6,8-9H,5,7,10,17H2. The maximum atomic E-state index is 12.2. The number of nitrogens with zero attached hydrogens (tertiary/aromatic N) is 2. The van der Waals surface area contributed by atoms with Crippen LogP contribution in [0.5, 0.6) is 0 Å². The number of carbonyl (C=O) groups excluding carboxylic acids is 2. The lowest BCUT2D eigenvalue weighted by Crippen LogP contribution is -2.29. The first-order chi connectivity index (χ1) is 10.2. The fourth-order valence-corrected chi connectivity index (χ4v) is 2.44. The minimum absolute atomic E-state index is 0.261. The van der Waals surface area contributed by atoms with Gasteiger partial charge in [0.15, 0.2) is 0 Å². The van der Waals surface area contributed by atoms with E-state index in [4.69, 9.17) is 5.73 Å². The van der Waals surface area contributed by atoms with Crippen LogP contribution in [0.4, 0.5) is 0 Å². The van der Waals surface area contributed by atoms with E-state index >= 15 is 0 Å². The smallest absolute Gasteiger partial charge is 0.263 e. The van der Waals surface area contributed by atoms with E-state index < -0.39 is 0 Å². The van der Waals surface area contributed by atoms with Crippen molar-refractivity contribution >= 4 is 11.8 Å². The van der Waals surface area contributed by atoms with E-state index in [2.05, 4.69) is 4.98 Å². The molecular weight excluding hydrogens is 266 g/mol. The lowest BCUT2D eigenvalue weighted by molar-refractivity contribution is 0.0642. The van der Waals surface area contributed by atoms with Crippen molar-refractivity contribution in [1.82, 2.24) is 9.88 Å². The Morgan fingerprint density at radius 2 is 1.62 bits per heavy atom. The quantitative estimate of drug-likeness (QED) is 0.859. The van der Waals surface area contributed by atoms with Crippen LogP contribution in [0, 0.1) is 0 Å². The van der Waals surface area contributed by atoms with Crippen LogP contribution in [0.25, 0.3) is 0 Å². The van der Waals surface area contributed by atoms with Crippen molar-refractivity contribution in [3.8, 4) is 0 Å². The highest BCUT2D eigenvalue weighted by molar-refractivity contribution is 6.21. The summed E-state index contributed by atoms with van der Waals surface area (Å²) in [7, 11) is 0. The Morgan fingerprint density at radius 1 is 0.952 bits per heavy atom. The zero-order valence-electron chi connectivity index (χ0n) is 11.5. The van der Waals surface area contributed by atoms with Gasteiger partial charge in [0.2, 0.25) is 0 Å². The number of nitrogens with two attached hydrogens (primary N) is 1. The number of benzene rings is 1. The van der Waals surface area contributed by atoms with E-state index in [0.717, 1.165) is 17.5 Å². The molecule has 1 aliphatic heterocycles. The molecule has 0 bridgehead atoms. The highest BCUT2D eigenvalue weighted by Crippen LogP contribution is 2.23. The predicted molar refractivity (Wildman–Crippen MR) is 77.6 cm³/mol. The number of hydrogen-bond donors (Lipinski definition) is 1. The Hall–Kier alpha value is -2.53. The number of pyridine rings is 1. The van der Waals surface area contributed by atoms with E-state index in [-0.39, 0.29) is 18.4 Å². The van der Waals surface area contributed by atoms with Gasteiger partial charge in [-0.25, -0.2) is 0 Å². The van der Waals surface area contributed by atoms with Crippen LogP contribution in [0.1, 0.15) is 31.8 Å². The van der Waals surface area contributed by atoms with E-state index in [0.29, 0.717) is 17.7 Å². The number of fused-ring (bicyclic) bond motifs is 1. The molecular formula is C16H15N3O2. The van der Waals surface area contributed by atoms with Crippen molar-refractivity contribution in [3.05, 3.63) is 65.0 Å². The van der Waals surface area contributed by atoms with E-state index in [1.807, 2.05) is 24.3 Å². The van der Waals surface area contributed by atoms with E-state index in [1.165, 1.54) is 17.3 Å². The number of imide groups is 1. The summed E-state index contributed by atoms with van der Waals surface area (Å²) >= 11 is 0.